The molecule has 1 amide bonds. The number of hydrogen-bond donors (Lipinski definition) is 2. The van der Waals surface area contributed by atoms with E-state index in [4.69, 9.17) is 4.74 Å². The van der Waals surface area contributed by atoms with Gasteiger partial charge in [0.25, 0.3) is 0 Å². The predicted molar refractivity (Wildman–Crippen MR) is 163 cm³/mol. The van der Waals surface area contributed by atoms with Crippen molar-refractivity contribution in [3.8, 4) is 11.5 Å². The summed E-state index contributed by atoms with van der Waals surface area (Å²) in [5.74, 6) is 0.687. The number of ether oxygens (including phenoxy) is 1. The van der Waals surface area contributed by atoms with Gasteiger partial charge < -0.3 is 19.7 Å². The van der Waals surface area contributed by atoms with Crippen LogP contribution in [0.4, 0.5) is 0 Å². The zero-order valence-corrected chi connectivity index (χ0v) is 23.5. The molecule has 0 fully saturated rings. The zero-order chi connectivity index (χ0) is 28.9. The highest BCUT2D eigenvalue weighted by Crippen LogP contribution is 2.39. The number of aryl methyl sites for hydroxylation is 2. The molecule has 0 bridgehead atoms. The topological polar surface area (TPSA) is 82.6 Å². The summed E-state index contributed by atoms with van der Waals surface area (Å²) < 4.78 is 5.40. The predicted octanol–water partition coefficient (Wildman–Crippen LogP) is 6.91. The summed E-state index contributed by atoms with van der Waals surface area (Å²) in [6, 6.07) is 32.8. The summed E-state index contributed by atoms with van der Waals surface area (Å²) in [6.45, 7) is 0.610. The standard InChI is InChI=1S/C36H34N2O4/c39-28-19-20-32-31(24-28)30-22-23-38(33(40)21-16-25-8-3-1-4-9-25)36(35(30)37-32)27-17-14-26(15-18-27)10-7-13-34(41)42-29-11-5-2-6-12-29/h1-6,8-9,11-12,14-15,17-20,24,36-37,39H,7,10,13,16,21-23H2. The van der Waals surface area contributed by atoms with Crippen molar-refractivity contribution in [1.29, 1.82) is 0 Å². The van der Waals surface area contributed by atoms with Crippen LogP contribution in [-0.2, 0) is 28.9 Å². The van der Waals surface area contributed by atoms with E-state index in [-0.39, 0.29) is 23.7 Å². The van der Waals surface area contributed by atoms with E-state index in [1.807, 2.05) is 47.4 Å². The highest BCUT2D eigenvalue weighted by Gasteiger charge is 2.34. The summed E-state index contributed by atoms with van der Waals surface area (Å²) >= 11 is 0. The minimum absolute atomic E-state index is 0.122. The molecule has 6 rings (SSSR count). The second-order valence-electron chi connectivity index (χ2n) is 10.9. The van der Waals surface area contributed by atoms with Crippen molar-refractivity contribution in [2.45, 2.75) is 44.6 Å². The Labute approximate surface area is 245 Å². The average Bonchev–Trinajstić information content (AvgIpc) is 3.38. The minimum atomic E-state index is -0.249. The fourth-order valence-electron chi connectivity index (χ4n) is 5.91. The first kappa shape index (κ1) is 27.3. The van der Waals surface area contributed by atoms with Crippen molar-refractivity contribution < 1.29 is 19.4 Å². The molecule has 1 aromatic heterocycles. The van der Waals surface area contributed by atoms with Crippen LogP contribution in [0, 0.1) is 0 Å². The molecule has 0 aliphatic carbocycles. The van der Waals surface area contributed by atoms with Crippen LogP contribution in [-0.4, -0.2) is 33.4 Å². The lowest BCUT2D eigenvalue weighted by Crippen LogP contribution is -2.40. The van der Waals surface area contributed by atoms with Crippen LogP contribution in [0.1, 0.15) is 53.3 Å². The lowest BCUT2D eigenvalue weighted by molar-refractivity contribution is -0.134. The average molecular weight is 559 g/mol. The zero-order valence-electron chi connectivity index (χ0n) is 23.5. The lowest BCUT2D eigenvalue weighted by Gasteiger charge is -2.36. The number of carbonyl (C=O) groups excluding carboxylic acids is 2. The number of nitrogens with zero attached hydrogens (tertiary/aromatic N) is 1. The number of aromatic amines is 1. The molecule has 0 saturated carbocycles. The maximum absolute atomic E-state index is 13.7. The summed E-state index contributed by atoms with van der Waals surface area (Å²) in [5, 5.41) is 11.2. The Balaban J connectivity index is 1.19. The number of benzene rings is 4. The number of phenols is 1. The Bertz CT molecular complexity index is 1680. The van der Waals surface area contributed by atoms with Crippen molar-refractivity contribution in [2.24, 2.45) is 0 Å². The van der Waals surface area contributed by atoms with Gasteiger partial charge in [0.2, 0.25) is 5.91 Å². The second kappa shape index (κ2) is 12.4. The number of aromatic hydroxyl groups is 1. The van der Waals surface area contributed by atoms with Gasteiger partial charge in [0, 0.05) is 36.0 Å². The van der Waals surface area contributed by atoms with Crippen LogP contribution in [0.15, 0.2) is 103 Å². The molecule has 1 atom stereocenters. The lowest BCUT2D eigenvalue weighted by atomic mass is 9.91. The first-order chi connectivity index (χ1) is 20.5. The maximum Gasteiger partial charge on any atom is 0.311 e. The molecule has 6 nitrogen and oxygen atoms in total. The summed E-state index contributed by atoms with van der Waals surface area (Å²) in [5.41, 5.74) is 6.43. The smallest absolute Gasteiger partial charge is 0.311 e. The van der Waals surface area contributed by atoms with Gasteiger partial charge in [0.1, 0.15) is 11.5 Å². The van der Waals surface area contributed by atoms with Crippen LogP contribution in [0.3, 0.4) is 0 Å². The largest absolute Gasteiger partial charge is 0.508 e. The maximum atomic E-state index is 13.7. The number of rotatable bonds is 9. The van der Waals surface area contributed by atoms with Crippen LogP contribution in [0.5, 0.6) is 11.5 Å². The molecule has 2 N–H and O–H groups in total. The Morgan fingerprint density at radius 1 is 0.833 bits per heavy atom. The van der Waals surface area contributed by atoms with Gasteiger partial charge in [-0.1, -0.05) is 72.8 Å². The van der Waals surface area contributed by atoms with Gasteiger partial charge in [-0.25, -0.2) is 0 Å². The first-order valence-corrected chi connectivity index (χ1v) is 14.6. The number of aromatic nitrogens is 1. The third-order valence-electron chi connectivity index (χ3n) is 8.02. The molecule has 42 heavy (non-hydrogen) atoms. The summed E-state index contributed by atoms with van der Waals surface area (Å²) in [7, 11) is 0. The van der Waals surface area contributed by atoms with Gasteiger partial charge >= 0.3 is 5.97 Å². The molecule has 0 saturated heterocycles. The molecule has 1 unspecified atom stereocenters. The first-order valence-electron chi connectivity index (χ1n) is 14.6. The van der Waals surface area contributed by atoms with Crippen molar-refractivity contribution in [1.82, 2.24) is 9.88 Å². The normalized spacial score (nSPS) is 14.5. The van der Waals surface area contributed by atoms with Crippen molar-refractivity contribution >= 4 is 22.8 Å². The number of hydrogen-bond acceptors (Lipinski definition) is 4. The van der Waals surface area contributed by atoms with E-state index < -0.39 is 0 Å². The number of phenolic OH excluding ortho intramolecular Hbond substituents is 1. The molecule has 6 heteroatoms. The monoisotopic (exact) mass is 558 g/mol. The molecule has 212 valence electrons. The molecular weight excluding hydrogens is 524 g/mol. The van der Waals surface area contributed by atoms with Crippen molar-refractivity contribution in [2.75, 3.05) is 6.54 Å². The number of H-pyrrole nitrogens is 1. The third-order valence-corrected chi connectivity index (χ3v) is 8.02. The van der Waals surface area contributed by atoms with Gasteiger partial charge in [-0.05, 0) is 78.3 Å². The SMILES string of the molecule is O=C(CCCc1ccc(C2c3[nH]c4ccc(O)cc4c3CCN2C(=O)CCc2ccccc2)cc1)Oc1ccccc1. The number of fused-ring (bicyclic) bond motifs is 3. The van der Waals surface area contributed by atoms with Gasteiger partial charge in [-0.2, -0.15) is 0 Å². The third kappa shape index (κ3) is 6.08. The highest BCUT2D eigenvalue weighted by atomic mass is 16.5. The van der Waals surface area contributed by atoms with Gasteiger partial charge in [0.05, 0.1) is 6.04 Å². The fourth-order valence-corrected chi connectivity index (χ4v) is 5.91. The molecule has 1 aliphatic rings. The van der Waals surface area contributed by atoms with E-state index >= 15 is 0 Å². The quantitative estimate of drug-likeness (QED) is 0.152. The number of esters is 1. The van der Waals surface area contributed by atoms with Crippen LogP contribution in [0.2, 0.25) is 0 Å². The molecule has 2 heterocycles. The summed E-state index contributed by atoms with van der Waals surface area (Å²) in [6.07, 6.45) is 3.65. The van der Waals surface area contributed by atoms with E-state index in [1.54, 1.807) is 24.3 Å². The number of para-hydroxylation sites is 1. The second-order valence-corrected chi connectivity index (χ2v) is 10.9. The van der Waals surface area contributed by atoms with Crippen molar-refractivity contribution in [3.05, 3.63) is 131 Å². The Morgan fingerprint density at radius 2 is 1.55 bits per heavy atom. The van der Waals surface area contributed by atoms with E-state index in [1.165, 1.54) is 0 Å². The Kier molecular flexibility index (Phi) is 8.04. The highest BCUT2D eigenvalue weighted by molar-refractivity contribution is 5.88. The van der Waals surface area contributed by atoms with Gasteiger partial charge in [-0.15, -0.1) is 0 Å². The van der Waals surface area contributed by atoms with Crippen molar-refractivity contribution in [3.63, 3.8) is 0 Å². The van der Waals surface area contributed by atoms with Crippen LogP contribution < -0.4 is 4.74 Å². The van der Waals surface area contributed by atoms with Gasteiger partial charge in [-0.3, -0.25) is 9.59 Å². The van der Waals surface area contributed by atoms with E-state index in [2.05, 4.69) is 41.4 Å². The molecular formula is C36H34N2O4. The molecule has 0 spiro atoms. The summed E-state index contributed by atoms with van der Waals surface area (Å²) in [4.78, 5) is 31.5. The number of amides is 1. The Morgan fingerprint density at radius 3 is 2.31 bits per heavy atom. The van der Waals surface area contributed by atoms with E-state index in [0.717, 1.165) is 51.7 Å². The fraction of sp³-hybridized carbons (Fsp3) is 0.222. The molecule has 4 aromatic carbocycles. The molecule has 1 aliphatic heterocycles. The number of carbonyl (C=O) groups is 2. The van der Waals surface area contributed by atoms with E-state index in [0.29, 0.717) is 38.0 Å². The van der Waals surface area contributed by atoms with Crippen LogP contribution >= 0.6 is 0 Å². The molecule has 0 radical (unpaired) electrons. The molecule has 5 aromatic rings. The Hall–Kier alpha value is -4.84. The van der Waals surface area contributed by atoms with E-state index in [9.17, 15) is 14.7 Å². The van der Waals surface area contributed by atoms with Gasteiger partial charge in [0.15, 0.2) is 0 Å². The minimum Gasteiger partial charge on any atom is -0.508 e. The number of nitrogens with one attached hydrogen (secondary N) is 1. The van der Waals surface area contributed by atoms with Crippen LogP contribution in [0.25, 0.3) is 10.9 Å².